The molecule has 0 saturated heterocycles. The van der Waals surface area contributed by atoms with Crippen molar-refractivity contribution >= 4 is 14.5 Å². The van der Waals surface area contributed by atoms with Gasteiger partial charge in [0.25, 0.3) is 0 Å². The largest absolute Gasteiger partial charge is 0.673 e. The molecule has 0 atom stereocenters. The number of unbranched alkanes of at least 4 members (excludes halogenated alkanes) is 18. The third-order valence-electron chi connectivity index (χ3n) is 7.44. The van der Waals surface area contributed by atoms with E-state index in [2.05, 4.69) is 27.7 Å². The Labute approximate surface area is 225 Å². The van der Waals surface area contributed by atoms with Crippen LogP contribution < -0.4 is 0 Å². The molecule has 0 nitrogen and oxygen atoms in total. The summed E-state index contributed by atoms with van der Waals surface area (Å²) in [5.74, 6) is 0. The summed E-state index contributed by atoms with van der Waals surface area (Å²) in [6.07, 6.45) is 39.1. The van der Waals surface area contributed by atoms with Crippen molar-refractivity contribution in [2.45, 2.75) is 169 Å². The molecule has 0 aromatic carbocycles. The first-order valence-electron chi connectivity index (χ1n) is 16.0. The molecular formula is C30H64BF4P. The Balaban J connectivity index is 0. The Kier molecular flexibility index (Phi) is 30.1. The van der Waals surface area contributed by atoms with Crippen molar-refractivity contribution in [1.82, 2.24) is 0 Å². The van der Waals surface area contributed by atoms with Crippen LogP contribution in [-0.4, -0.2) is 31.9 Å². The third-order valence-corrected chi connectivity index (χ3v) is 12.5. The summed E-state index contributed by atoms with van der Waals surface area (Å²) >= 11 is 0. The maximum absolute atomic E-state index is 9.75. The van der Waals surface area contributed by atoms with Gasteiger partial charge < -0.3 is 17.3 Å². The number of halogens is 4. The standard InChI is InChI=1S/C30H64P.BF4/c1-5-9-13-17-18-19-20-21-22-26-30-31(27-23-14-10-6-2,28-24-15-11-7-3)29-25-16-12-8-4;2-1(3,4)5/h5-30H2,1-4H3;/q+1;-1. The summed E-state index contributed by atoms with van der Waals surface area (Å²) < 4.78 is 39.0. The molecule has 0 aliphatic rings. The SMILES string of the molecule is CCCCCCCCCCCC[P+](CCCCCC)(CCCCCC)CCCCCC.F[B-](F)(F)F. The van der Waals surface area contributed by atoms with Crippen LogP contribution in [-0.2, 0) is 0 Å². The van der Waals surface area contributed by atoms with E-state index in [1.54, 1.807) is 50.3 Å². The first-order valence-corrected chi connectivity index (χ1v) is 18.5. The molecule has 0 aliphatic carbocycles. The second-order valence-electron chi connectivity index (χ2n) is 11.1. The minimum atomic E-state index is -6.00. The van der Waals surface area contributed by atoms with Gasteiger partial charge in [-0.2, -0.15) is 0 Å². The predicted octanol–water partition coefficient (Wildman–Crippen LogP) is 13.0. The highest BCUT2D eigenvalue weighted by Gasteiger charge is 2.34. The van der Waals surface area contributed by atoms with Crippen molar-refractivity contribution in [1.29, 1.82) is 0 Å². The number of rotatable bonds is 26. The fourth-order valence-electron chi connectivity index (χ4n) is 5.23. The van der Waals surface area contributed by atoms with E-state index in [4.69, 9.17) is 0 Å². The molecule has 0 bridgehead atoms. The zero-order valence-corrected chi connectivity index (χ0v) is 25.8. The van der Waals surface area contributed by atoms with Gasteiger partial charge in [0.05, 0.1) is 24.6 Å². The van der Waals surface area contributed by atoms with Crippen molar-refractivity contribution in [2.24, 2.45) is 0 Å². The Morgan fingerprint density at radius 3 is 0.722 bits per heavy atom. The quantitative estimate of drug-likeness (QED) is 0.0441. The zero-order chi connectivity index (χ0) is 27.4. The van der Waals surface area contributed by atoms with Crippen molar-refractivity contribution < 1.29 is 17.3 Å². The van der Waals surface area contributed by atoms with Gasteiger partial charge >= 0.3 is 7.25 Å². The molecule has 0 amide bonds. The van der Waals surface area contributed by atoms with Crippen molar-refractivity contribution in [3.63, 3.8) is 0 Å². The topological polar surface area (TPSA) is 0 Å². The predicted molar refractivity (Wildman–Crippen MR) is 161 cm³/mol. The normalized spacial score (nSPS) is 12.0. The highest BCUT2D eigenvalue weighted by Crippen LogP contribution is 2.61. The zero-order valence-electron chi connectivity index (χ0n) is 24.9. The molecule has 0 aromatic heterocycles. The van der Waals surface area contributed by atoms with E-state index in [-0.39, 0.29) is 0 Å². The van der Waals surface area contributed by atoms with Crippen LogP contribution in [0.15, 0.2) is 0 Å². The molecule has 0 fully saturated rings. The van der Waals surface area contributed by atoms with Crippen LogP contribution in [0.3, 0.4) is 0 Å². The van der Waals surface area contributed by atoms with Gasteiger partial charge in [-0.15, -0.1) is 0 Å². The maximum atomic E-state index is 9.75. The molecule has 0 radical (unpaired) electrons. The summed E-state index contributed by atoms with van der Waals surface area (Å²) in [6, 6.07) is 0. The minimum absolute atomic E-state index is 0.691. The van der Waals surface area contributed by atoms with Gasteiger partial charge in [0, 0.05) is 7.26 Å². The number of hydrogen-bond acceptors (Lipinski definition) is 0. The lowest BCUT2D eigenvalue weighted by Gasteiger charge is -2.28. The molecule has 0 saturated carbocycles. The van der Waals surface area contributed by atoms with Crippen LogP contribution >= 0.6 is 7.26 Å². The Hall–Kier alpha value is 0.215. The van der Waals surface area contributed by atoms with E-state index in [1.807, 2.05) is 0 Å². The van der Waals surface area contributed by atoms with Crippen molar-refractivity contribution in [3.8, 4) is 0 Å². The molecule has 6 heteroatoms. The molecule has 0 N–H and O–H groups in total. The Morgan fingerprint density at radius 2 is 0.500 bits per heavy atom. The fourth-order valence-corrected chi connectivity index (χ4v) is 10.1. The lowest BCUT2D eigenvalue weighted by molar-refractivity contribution is 0.368. The molecule has 0 spiro atoms. The second kappa shape index (κ2) is 28.2. The lowest BCUT2D eigenvalue weighted by Crippen LogP contribution is -2.13. The summed E-state index contributed by atoms with van der Waals surface area (Å²) in [7, 11) is -6.69. The first-order chi connectivity index (χ1) is 17.2. The molecule has 0 aliphatic heterocycles. The van der Waals surface area contributed by atoms with Crippen LogP contribution in [0.1, 0.15) is 169 Å². The second-order valence-corrected chi connectivity index (χ2v) is 15.6. The van der Waals surface area contributed by atoms with Crippen LogP contribution in [0.2, 0.25) is 0 Å². The Bertz CT molecular complexity index is 381. The van der Waals surface area contributed by atoms with Crippen LogP contribution in [0.25, 0.3) is 0 Å². The van der Waals surface area contributed by atoms with Gasteiger partial charge in [-0.05, 0) is 51.4 Å². The molecule has 0 heterocycles. The summed E-state index contributed by atoms with van der Waals surface area (Å²) in [4.78, 5) is 0. The molecule has 0 rings (SSSR count). The van der Waals surface area contributed by atoms with E-state index < -0.39 is 14.5 Å². The molecular weight excluding hydrogens is 478 g/mol. The van der Waals surface area contributed by atoms with Gasteiger partial charge in [-0.3, -0.25) is 0 Å². The van der Waals surface area contributed by atoms with Crippen molar-refractivity contribution in [2.75, 3.05) is 24.6 Å². The van der Waals surface area contributed by atoms with Gasteiger partial charge in [-0.25, -0.2) is 0 Å². The van der Waals surface area contributed by atoms with Crippen molar-refractivity contribution in [3.05, 3.63) is 0 Å². The third kappa shape index (κ3) is 32.2. The van der Waals surface area contributed by atoms with E-state index in [0.717, 1.165) is 0 Å². The first kappa shape index (κ1) is 38.4. The molecule has 36 heavy (non-hydrogen) atoms. The fraction of sp³-hybridized carbons (Fsp3) is 1.00. The lowest BCUT2D eigenvalue weighted by atomic mass is 10.1. The highest BCUT2D eigenvalue weighted by molar-refractivity contribution is 7.75. The van der Waals surface area contributed by atoms with Crippen LogP contribution in [0.4, 0.5) is 17.3 Å². The summed E-state index contributed by atoms with van der Waals surface area (Å²) in [5, 5.41) is 0. The summed E-state index contributed by atoms with van der Waals surface area (Å²) in [5.41, 5.74) is 0. The number of hydrogen-bond donors (Lipinski definition) is 0. The smallest absolute Gasteiger partial charge is 0.418 e. The van der Waals surface area contributed by atoms with E-state index in [1.165, 1.54) is 116 Å². The summed E-state index contributed by atoms with van der Waals surface area (Å²) in [6.45, 7) is 9.41. The highest BCUT2D eigenvalue weighted by atomic mass is 31.2. The molecule has 0 unspecified atom stereocenters. The van der Waals surface area contributed by atoms with E-state index >= 15 is 0 Å². The van der Waals surface area contributed by atoms with E-state index in [9.17, 15) is 17.3 Å². The van der Waals surface area contributed by atoms with Crippen LogP contribution in [0.5, 0.6) is 0 Å². The van der Waals surface area contributed by atoms with E-state index in [0.29, 0.717) is 0 Å². The van der Waals surface area contributed by atoms with Gasteiger partial charge in [0.15, 0.2) is 0 Å². The van der Waals surface area contributed by atoms with Crippen LogP contribution in [0, 0.1) is 0 Å². The average Bonchev–Trinajstić information content (AvgIpc) is 2.82. The van der Waals surface area contributed by atoms with Gasteiger partial charge in [0.2, 0.25) is 0 Å². The monoisotopic (exact) mass is 542 g/mol. The van der Waals surface area contributed by atoms with Gasteiger partial charge in [0.1, 0.15) is 0 Å². The maximum Gasteiger partial charge on any atom is 0.673 e. The molecule has 220 valence electrons. The molecule has 0 aromatic rings. The minimum Gasteiger partial charge on any atom is -0.418 e. The average molecular weight is 543 g/mol. The Morgan fingerprint density at radius 1 is 0.333 bits per heavy atom. The van der Waals surface area contributed by atoms with Gasteiger partial charge in [-0.1, -0.05) is 118 Å².